The third-order valence-electron chi connectivity index (χ3n) is 4.62. The van der Waals surface area contributed by atoms with Gasteiger partial charge in [0.25, 0.3) is 5.91 Å². The molecule has 0 radical (unpaired) electrons. The van der Waals surface area contributed by atoms with Crippen molar-refractivity contribution in [2.45, 2.75) is 72.4 Å². The van der Waals surface area contributed by atoms with E-state index in [2.05, 4.69) is 10.6 Å². The fourth-order valence-corrected chi connectivity index (χ4v) is 3.06. The Hall–Kier alpha value is -2.81. The predicted molar refractivity (Wildman–Crippen MR) is 114 cm³/mol. The number of aryl methyl sites for hydroxylation is 1. The predicted octanol–water partition coefficient (Wildman–Crippen LogP) is 2.99. The Balaban J connectivity index is 1.89. The lowest BCUT2D eigenvalue weighted by Gasteiger charge is -2.33. The molecule has 0 aromatic heterocycles. The van der Waals surface area contributed by atoms with Crippen LogP contribution in [0.1, 0.15) is 59.9 Å². The lowest BCUT2D eigenvalue weighted by Crippen LogP contribution is -2.59. The first-order valence-corrected chi connectivity index (χ1v) is 10.3. The highest BCUT2D eigenvalue weighted by molar-refractivity contribution is 5.95. The summed E-state index contributed by atoms with van der Waals surface area (Å²) in [6.45, 7) is 11.0. The number of nitrogens with zero attached hydrogens (tertiary/aromatic N) is 1. The Morgan fingerprint density at radius 3 is 2.35 bits per heavy atom. The number of urea groups is 1. The Bertz CT molecular complexity index is 826. The molecule has 0 bridgehead atoms. The van der Waals surface area contributed by atoms with Gasteiger partial charge in [0.2, 0.25) is 12.7 Å². The fourth-order valence-electron chi connectivity index (χ4n) is 3.06. The molecule has 1 aliphatic heterocycles. The average Bonchev–Trinajstić information content (AvgIpc) is 3.10. The van der Waals surface area contributed by atoms with E-state index in [1.807, 2.05) is 32.9 Å². The van der Waals surface area contributed by atoms with E-state index < -0.39 is 34.8 Å². The van der Waals surface area contributed by atoms with E-state index in [4.69, 9.17) is 9.47 Å². The van der Waals surface area contributed by atoms with Gasteiger partial charge in [0.15, 0.2) is 11.5 Å². The Morgan fingerprint density at radius 2 is 1.74 bits per heavy atom. The van der Waals surface area contributed by atoms with Gasteiger partial charge >= 0.3 is 6.03 Å². The second-order valence-electron chi connectivity index (χ2n) is 9.73. The van der Waals surface area contributed by atoms with Crippen molar-refractivity contribution >= 4 is 17.8 Å². The molecule has 1 atom stereocenters. The Kier molecular flexibility index (Phi) is 7.54. The van der Waals surface area contributed by atoms with Crippen molar-refractivity contribution in [2.75, 3.05) is 6.79 Å². The normalized spacial score (nSPS) is 14.0. The lowest BCUT2D eigenvalue weighted by atomic mass is 9.85. The van der Waals surface area contributed by atoms with E-state index in [1.165, 1.54) is 0 Å². The zero-order valence-corrected chi connectivity index (χ0v) is 19.1. The lowest BCUT2D eigenvalue weighted by molar-refractivity contribution is -0.153. The van der Waals surface area contributed by atoms with Crippen LogP contribution >= 0.6 is 0 Å². The summed E-state index contributed by atoms with van der Waals surface area (Å²) in [7, 11) is 0. The third kappa shape index (κ3) is 7.13. The van der Waals surface area contributed by atoms with Gasteiger partial charge in [-0.2, -0.15) is 0 Å². The van der Waals surface area contributed by atoms with Crippen LogP contribution in [-0.4, -0.2) is 46.5 Å². The molecule has 1 aromatic rings. The molecule has 9 heteroatoms. The molecule has 172 valence electrons. The first-order chi connectivity index (χ1) is 14.3. The van der Waals surface area contributed by atoms with Crippen LogP contribution in [0.15, 0.2) is 18.2 Å². The Labute approximate surface area is 183 Å². The summed E-state index contributed by atoms with van der Waals surface area (Å²) >= 11 is 0. The van der Waals surface area contributed by atoms with Crippen LogP contribution in [0.25, 0.3) is 0 Å². The van der Waals surface area contributed by atoms with Crippen LogP contribution in [0.2, 0.25) is 0 Å². The molecule has 0 saturated heterocycles. The summed E-state index contributed by atoms with van der Waals surface area (Å²) < 4.78 is 10.6. The smallest absolute Gasteiger partial charge is 0.349 e. The molecule has 31 heavy (non-hydrogen) atoms. The second-order valence-corrected chi connectivity index (χ2v) is 9.73. The summed E-state index contributed by atoms with van der Waals surface area (Å²) in [5, 5.41) is 15.4. The first-order valence-electron chi connectivity index (χ1n) is 10.3. The molecule has 0 aliphatic carbocycles. The molecule has 1 aliphatic rings. The topological polar surface area (TPSA) is 117 Å². The van der Waals surface area contributed by atoms with Gasteiger partial charge in [0.05, 0.1) is 0 Å². The molecular formula is C22H33N3O6. The average molecular weight is 436 g/mol. The number of benzene rings is 1. The number of imide groups is 1. The number of hydrogen-bond donors (Lipinski definition) is 3. The van der Waals surface area contributed by atoms with Crippen molar-refractivity contribution in [3.63, 3.8) is 0 Å². The highest BCUT2D eigenvalue weighted by atomic mass is 16.7. The van der Waals surface area contributed by atoms with Crippen LogP contribution in [0.3, 0.4) is 0 Å². The van der Waals surface area contributed by atoms with Crippen molar-refractivity contribution in [1.82, 2.24) is 15.7 Å². The Morgan fingerprint density at radius 1 is 1.10 bits per heavy atom. The van der Waals surface area contributed by atoms with E-state index in [9.17, 15) is 19.6 Å². The van der Waals surface area contributed by atoms with Gasteiger partial charge in [-0.05, 0) is 56.7 Å². The number of ether oxygens (including phenoxy) is 2. The van der Waals surface area contributed by atoms with Crippen LogP contribution in [0, 0.1) is 5.41 Å². The summed E-state index contributed by atoms with van der Waals surface area (Å²) in [6.07, 6.45) is 0.958. The minimum absolute atomic E-state index is 0.0350. The van der Waals surface area contributed by atoms with Crippen LogP contribution in [0.5, 0.6) is 11.5 Å². The number of carbonyl (C=O) groups excluding carboxylic acids is 3. The van der Waals surface area contributed by atoms with Crippen molar-refractivity contribution < 1.29 is 29.1 Å². The highest BCUT2D eigenvalue weighted by Gasteiger charge is 2.36. The highest BCUT2D eigenvalue weighted by Crippen LogP contribution is 2.32. The molecule has 4 amide bonds. The van der Waals surface area contributed by atoms with Crippen molar-refractivity contribution in [1.29, 1.82) is 0 Å². The minimum atomic E-state index is -1.03. The molecule has 1 unspecified atom stereocenters. The van der Waals surface area contributed by atoms with Gasteiger partial charge in [-0.25, -0.2) is 4.79 Å². The number of rotatable bonds is 6. The van der Waals surface area contributed by atoms with Gasteiger partial charge in [0.1, 0.15) is 6.04 Å². The number of hydrogen-bond acceptors (Lipinski definition) is 6. The molecule has 0 fully saturated rings. The van der Waals surface area contributed by atoms with Gasteiger partial charge in [-0.15, -0.1) is 5.06 Å². The monoisotopic (exact) mass is 435 g/mol. The van der Waals surface area contributed by atoms with Gasteiger partial charge in [-0.3, -0.25) is 14.8 Å². The molecule has 3 N–H and O–H groups in total. The first kappa shape index (κ1) is 24.5. The maximum Gasteiger partial charge on any atom is 0.349 e. The maximum absolute atomic E-state index is 12.6. The summed E-state index contributed by atoms with van der Waals surface area (Å²) in [5.74, 6) is 0.204. The molecule has 0 saturated carbocycles. The summed E-state index contributed by atoms with van der Waals surface area (Å²) in [5.41, 5.74) is -0.166. The van der Waals surface area contributed by atoms with E-state index in [-0.39, 0.29) is 18.3 Å². The van der Waals surface area contributed by atoms with E-state index >= 15 is 0 Å². The molecule has 9 nitrogen and oxygen atoms in total. The molecule has 1 aromatic carbocycles. The van der Waals surface area contributed by atoms with E-state index in [0.717, 1.165) is 5.56 Å². The fraction of sp³-hybridized carbons (Fsp3) is 0.591. The standard InChI is InChI=1S/C22H33N3O6/c1-21(2,3)18(19(27)24-22(4,5)6)23-20(28)25(29)17(26)9-7-8-14-10-11-15-16(12-14)31-13-30-15/h10-12,18,29H,7-9,13H2,1-6H3,(H,23,28)(H,24,27). The van der Waals surface area contributed by atoms with Crippen molar-refractivity contribution in [3.05, 3.63) is 23.8 Å². The summed E-state index contributed by atoms with van der Waals surface area (Å²) in [6, 6.07) is 3.56. The van der Waals surface area contributed by atoms with Crippen molar-refractivity contribution in [3.8, 4) is 11.5 Å². The number of nitrogens with one attached hydrogen (secondary N) is 2. The number of fused-ring (bicyclic) bond motifs is 1. The van der Waals surface area contributed by atoms with Gasteiger partial charge in [0, 0.05) is 12.0 Å². The largest absolute Gasteiger partial charge is 0.454 e. The zero-order valence-electron chi connectivity index (χ0n) is 19.1. The van der Waals surface area contributed by atoms with E-state index in [0.29, 0.717) is 24.3 Å². The molecule has 0 spiro atoms. The molecule has 2 rings (SSSR count). The number of amides is 4. The van der Waals surface area contributed by atoms with Gasteiger partial charge < -0.3 is 20.1 Å². The molecule has 1 heterocycles. The minimum Gasteiger partial charge on any atom is -0.454 e. The molecular weight excluding hydrogens is 402 g/mol. The SMILES string of the molecule is CC(C)(C)NC(=O)C(NC(=O)N(O)C(=O)CCCc1ccc2c(c1)OCO2)C(C)(C)C. The quantitative estimate of drug-likeness (QED) is 0.467. The number of carbonyl (C=O) groups is 3. The maximum atomic E-state index is 12.6. The van der Waals surface area contributed by atoms with E-state index in [1.54, 1.807) is 26.8 Å². The van der Waals surface area contributed by atoms with Crippen LogP contribution in [-0.2, 0) is 16.0 Å². The van der Waals surface area contributed by atoms with Crippen LogP contribution in [0.4, 0.5) is 4.79 Å². The second kappa shape index (κ2) is 9.55. The number of hydroxylamine groups is 2. The van der Waals surface area contributed by atoms with Crippen molar-refractivity contribution in [2.24, 2.45) is 5.41 Å². The van der Waals surface area contributed by atoms with Crippen LogP contribution < -0.4 is 20.1 Å². The third-order valence-corrected chi connectivity index (χ3v) is 4.62. The summed E-state index contributed by atoms with van der Waals surface area (Å²) in [4.78, 5) is 37.3. The van der Waals surface area contributed by atoms with Gasteiger partial charge in [-0.1, -0.05) is 26.8 Å². The zero-order chi connectivity index (χ0) is 23.4.